The molecule has 1 unspecified atom stereocenters. The van der Waals surface area contributed by atoms with E-state index in [9.17, 15) is 15.0 Å². The monoisotopic (exact) mass is 474 g/mol. The third-order valence-corrected chi connectivity index (χ3v) is 7.07. The summed E-state index contributed by atoms with van der Waals surface area (Å²) in [5, 5.41) is 18.9. The third kappa shape index (κ3) is 11.0. The largest absolute Gasteiger partial charge is 0.492 e. The van der Waals surface area contributed by atoms with Crippen LogP contribution in [-0.4, -0.2) is 50.4 Å². The molecule has 0 saturated carbocycles. The van der Waals surface area contributed by atoms with Crippen molar-refractivity contribution in [1.29, 1.82) is 0 Å². The summed E-state index contributed by atoms with van der Waals surface area (Å²) in [5.74, 6) is -1.07. The molecule has 0 spiro atoms. The summed E-state index contributed by atoms with van der Waals surface area (Å²) in [6.45, 7) is 13.5. The molecule has 0 aliphatic heterocycles. The van der Waals surface area contributed by atoms with Gasteiger partial charge in [-0.15, -0.1) is 4.73 Å². The van der Waals surface area contributed by atoms with Crippen LogP contribution in [0.1, 0.15) is 92.9 Å². The summed E-state index contributed by atoms with van der Waals surface area (Å²) in [5.41, 5.74) is 0. The van der Waals surface area contributed by atoms with E-state index in [1.165, 1.54) is 12.1 Å². The zero-order valence-electron chi connectivity index (χ0n) is 20.6. The Kier molecular flexibility index (Phi) is 13.9. The van der Waals surface area contributed by atoms with Gasteiger partial charge in [0.1, 0.15) is 0 Å². The Morgan fingerprint density at radius 2 is 1.41 bits per heavy atom. The molecule has 1 rings (SSSR count). The van der Waals surface area contributed by atoms with Crippen molar-refractivity contribution in [2.75, 3.05) is 6.61 Å². The smallest absolute Gasteiger partial charge is 0.333 e. The molecule has 0 aliphatic carbocycles. The van der Waals surface area contributed by atoms with E-state index in [0.29, 0.717) is 18.7 Å². The molecule has 0 saturated heterocycles. The molecule has 1 heterocycles. The molecule has 0 amide bonds. The molecule has 1 aromatic heterocycles. The maximum absolute atomic E-state index is 11.8. The number of carbonyl (C=O) groups is 1. The van der Waals surface area contributed by atoms with Crippen molar-refractivity contribution in [3.05, 3.63) is 12.1 Å². The molecule has 32 heavy (non-hydrogen) atoms. The number of hydrogen-bond acceptors (Lipinski definition) is 7. The van der Waals surface area contributed by atoms with Gasteiger partial charge in [0.05, 0.1) is 12.7 Å². The lowest BCUT2D eigenvalue weighted by Crippen LogP contribution is -2.34. The molecule has 0 aliphatic rings. The van der Waals surface area contributed by atoms with E-state index in [1.807, 2.05) is 13.8 Å². The Hall–Kier alpha value is -1.34. The van der Waals surface area contributed by atoms with Gasteiger partial charge in [-0.05, 0) is 54.4 Å². The Bertz CT molecular complexity index is 623. The van der Waals surface area contributed by atoms with Gasteiger partial charge in [0.15, 0.2) is 0 Å². The molecule has 2 N–H and O–H groups in total. The fraction of sp³-hybridized carbons (Fsp3) is 0.783. The van der Waals surface area contributed by atoms with Crippen molar-refractivity contribution >= 4 is 14.5 Å². The first-order valence-electron chi connectivity index (χ1n) is 11.8. The quantitative estimate of drug-likeness (QED) is 0.219. The number of aromatic nitrogens is 1. The zero-order chi connectivity index (χ0) is 24.1. The van der Waals surface area contributed by atoms with E-state index in [1.54, 1.807) is 0 Å². The summed E-state index contributed by atoms with van der Waals surface area (Å²) < 4.78 is 15.3. The number of rotatable bonds is 17. The predicted octanol–water partition coefficient (Wildman–Crippen LogP) is 5.76. The maximum atomic E-state index is 11.8. The molecule has 186 valence electrons. The number of nitrogens with zero attached hydrogens (tertiary/aromatic N) is 2. The highest BCUT2D eigenvalue weighted by Crippen LogP contribution is 2.47. The second-order valence-electron chi connectivity index (χ2n) is 8.83. The van der Waals surface area contributed by atoms with Crippen LogP contribution in [0.2, 0.25) is 0 Å². The highest BCUT2D eigenvalue weighted by atomic mass is 31.2. The fourth-order valence-corrected chi connectivity index (χ4v) is 5.05. The van der Waals surface area contributed by atoms with E-state index >= 15 is 0 Å². The molecule has 8 nitrogen and oxygen atoms in total. The molecular formula is C23H43N2O6P. The number of carbonyl (C=O) groups excluding carboxylic acids is 1. The van der Waals surface area contributed by atoms with Crippen molar-refractivity contribution < 1.29 is 28.9 Å². The first-order valence-corrected chi connectivity index (χ1v) is 12.9. The van der Waals surface area contributed by atoms with Gasteiger partial charge in [-0.25, -0.2) is 9.46 Å². The average Bonchev–Trinajstić information content (AvgIpc) is 3.00. The lowest BCUT2D eigenvalue weighted by molar-refractivity contribution is -0.145. The summed E-state index contributed by atoms with van der Waals surface area (Å²) in [4.78, 5) is 16.7. The minimum atomic E-state index is -1.04. The first-order chi connectivity index (χ1) is 15.1. The number of hydrogen-bond donors (Lipinski definition) is 2. The molecule has 9 heteroatoms. The van der Waals surface area contributed by atoms with Gasteiger partial charge < -0.3 is 24.1 Å². The SMILES string of the molecule is CC(C)OP(OCCCCCCCCCC(=O)On1c(O)ccc1O)N(C(C)C)C(C)C. The van der Waals surface area contributed by atoms with Crippen LogP contribution in [0.3, 0.4) is 0 Å². The Balaban J connectivity index is 2.12. The minimum absolute atomic E-state index is 0.137. The van der Waals surface area contributed by atoms with E-state index in [2.05, 4.69) is 32.4 Å². The van der Waals surface area contributed by atoms with Crippen LogP contribution < -0.4 is 4.84 Å². The van der Waals surface area contributed by atoms with Crippen molar-refractivity contribution in [2.45, 2.75) is 111 Å². The van der Waals surface area contributed by atoms with Crippen molar-refractivity contribution in [3.8, 4) is 11.8 Å². The summed E-state index contributed by atoms with van der Waals surface area (Å²) in [6, 6.07) is 3.27. The summed E-state index contributed by atoms with van der Waals surface area (Å²) in [6.07, 6.45) is 7.51. The lowest BCUT2D eigenvalue weighted by atomic mass is 10.1. The summed E-state index contributed by atoms with van der Waals surface area (Å²) in [7, 11) is -1.04. The number of unbranched alkanes of at least 4 members (excludes halogenated alkanes) is 6. The standard InChI is InChI=1S/C23H43N2O6P/c1-18(2)25(19(3)4)32(31-20(5)6)29-17-13-11-9-7-8-10-12-14-23(28)30-24-21(26)15-16-22(24)27/h15-16,18-20,26-27H,7-14,17H2,1-6H3. The lowest BCUT2D eigenvalue weighted by Gasteiger charge is -2.36. The molecular weight excluding hydrogens is 431 g/mol. The molecule has 0 aromatic carbocycles. The minimum Gasteiger partial charge on any atom is -0.492 e. The second-order valence-corrected chi connectivity index (χ2v) is 10.2. The van der Waals surface area contributed by atoms with Gasteiger partial charge in [-0.3, -0.25) is 0 Å². The van der Waals surface area contributed by atoms with Gasteiger partial charge in [0.25, 0.3) is 8.53 Å². The van der Waals surface area contributed by atoms with E-state index < -0.39 is 14.5 Å². The van der Waals surface area contributed by atoms with Crippen LogP contribution in [0.4, 0.5) is 0 Å². The second kappa shape index (κ2) is 15.5. The Morgan fingerprint density at radius 3 is 1.91 bits per heavy atom. The Labute approximate surface area is 194 Å². The zero-order valence-corrected chi connectivity index (χ0v) is 21.5. The van der Waals surface area contributed by atoms with Gasteiger partial charge in [-0.1, -0.05) is 32.1 Å². The Morgan fingerprint density at radius 1 is 0.906 bits per heavy atom. The van der Waals surface area contributed by atoms with Crippen molar-refractivity contribution in [1.82, 2.24) is 9.40 Å². The molecule has 1 aromatic rings. The van der Waals surface area contributed by atoms with E-state index in [4.69, 9.17) is 13.9 Å². The van der Waals surface area contributed by atoms with Gasteiger partial charge in [0, 0.05) is 30.6 Å². The van der Waals surface area contributed by atoms with Crippen LogP contribution >= 0.6 is 8.53 Å². The highest BCUT2D eigenvalue weighted by molar-refractivity contribution is 7.44. The molecule has 0 bridgehead atoms. The first kappa shape index (κ1) is 28.7. The summed E-state index contributed by atoms with van der Waals surface area (Å²) >= 11 is 0. The van der Waals surface area contributed by atoms with E-state index in [-0.39, 0.29) is 24.3 Å². The topological polar surface area (TPSA) is 93.4 Å². The van der Waals surface area contributed by atoms with Crippen LogP contribution in [0, 0.1) is 0 Å². The normalized spacial score (nSPS) is 12.9. The molecule has 0 radical (unpaired) electrons. The van der Waals surface area contributed by atoms with Gasteiger partial charge in [-0.2, -0.15) is 0 Å². The predicted molar refractivity (Wildman–Crippen MR) is 127 cm³/mol. The van der Waals surface area contributed by atoms with Crippen LogP contribution in [0.15, 0.2) is 12.1 Å². The van der Waals surface area contributed by atoms with E-state index in [0.717, 1.165) is 49.7 Å². The molecule has 1 atom stereocenters. The van der Waals surface area contributed by atoms with Gasteiger partial charge >= 0.3 is 5.97 Å². The fourth-order valence-electron chi connectivity index (χ4n) is 3.35. The number of aromatic hydroxyl groups is 2. The van der Waals surface area contributed by atoms with Crippen molar-refractivity contribution in [3.63, 3.8) is 0 Å². The van der Waals surface area contributed by atoms with Crippen LogP contribution in [0.25, 0.3) is 0 Å². The average molecular weight is 475 g/mol. The van der Waals surface area contributed by atoms with Crippen molar-refractivity contribution in [2.24, 2.45) is 0 Å². The molecule has 0 fully saturated rings. The third-order valence-electron chi connectivity index (χ3n) is 4.77. The van der Waals surface area contributed by atoms with Crippen LogP contribution in [-0.2, 0) is 13.8 Å². The van der Waals surface area contributed by atoms with Gasteiger partial charge in [0.2, 0.25) is 11.8 Å². The van der Waals surface area contributed by atoms with Crippen LogP contribution in [0.5, 0.6) is 11.8 Å². The maximum Gasteiger partial charge on any atom is 0.333 e. The highest BCUT2D eigenvalue weighted by Gasteiger charge is 2.27.